The number of carbonyl (C=O) groups is 2. The van der Waals surface area contributed by atoms with Crippen LogP contribution in [0.5, 0.6) is 5.75 Å². The number of ether oxygens (including phenoxy) is 1. The van der Waals surface area contributed by atoms with Crippen LogP contribution in [0.2, 0.25) is 0 Å². The van der Waals surface area contributed by atoms with Crippen molar-refractivity contribution in [3.8, 4) is 5.75 Å². The zero-order chi connectivity index (χ0) is 14.6. The first-order valence-electron chi connectivity index (χ1n) is 4.87. The summed E-state index contributed by atoms with van der Waals surface area (Å²) in [5.74, 6) is -3.88. The molecule has 0 saturated heterocycles. The van der Waals surface area contributed by atoms with Crippen LogP contribution < -0.4 is 4.74 Å². The van der Waals surface area contributed by atoms with E-state index in [0.717, 1.165) is 0 Å². The lowest BCUT2D eigenvalue weighted by atomic mass is 10.2. The molecule has 0 radical (unpaired) electrons. The molecule has 0 fully saturated rings. The lowest BCUT2D eigenvalue weighted by Gasteiger charge is -2.19. The largest absolute Gasteiger partial charge is 0.480 e. The average Bonchev–Trinajstić information content (AvgIpc) is 2.27. The quantitative estimate of drug-likeness (QED) is 0.615. The van der Waals surface area contributed by atoms with Gasteiger partial charge in [-0.2, -0.15) is 8.42 Å². The SMILES string of the molecule is O=C(O)C(Oc1ccccc1)C(C(=O)O)S(=O)(=O)O. The van der Waals surface area contributed by atoms with Gasteiger partial charge in [0.2, 0.25) is 11.4 Å². The van der Waals surface area contributed by atoms with Gasteiger partial charge < -0.3 is 14.9 Å². The third-order valence-electron chi connectivity index (χ3n) is 2.09. The highest BCUT2D eigenvalue weighted by Crippen LogP contribution is 2.16. The van der Waals surface area contributed by atoms with Gasteiger partial charge in [0, 0.05) is 0 Å². The molecular weight excluding hydrogens is 280 g/mol. The van der Waals surface area contributed by atoms with Crippen LogP contribution in [0.15, 0.2) is 30.3 Å². The van der Waals surface area contributed by atoms with Gasteiger partial charge in [-0.1, -0.05) is 18.2 Å². The molecule has 1 aromatic rings. The Kier molecular flexibility index (Phi) is 4.46. The second-order valence-electron chi connectivity index (χ2n) is 3.46. The fourth-order valence-corrected chi connectivity index (χ4v) is 2.04. The molecule has 3 N–H and O–H groups in total. The Hall–Kier alpha value is -2.13. The van der Waals surface area contributed by atoms with E-state index in [9.17, 15) is 18.0 Å². The van der Waals surface area contributed by atoms with Crippen molar-refractivity contribution in [2.24, 2.45) is 0 Å². The van der Waals surface area contributed by atoms with Crippen LogP contribution in [-0.4, -0.2) is 46.5 Å². The number of aliphatic carboxylic acids is 2. The van der Waals surface area contributed by atoms with Crippen molar-refractivity contribution >= 4 is 22.1 Å². The maximum Gasteiger partial charge on any atom is 0.347 e. The molecule has 0 saturated carbocycles. The van der Waals surface area contributed by atoms with Crippen molar-refractivity contribution in [2.45, 2.75) is 11.4 Å². The van der Waals surface area contributed by atoms with Crippen LogP contribution in [0, 0.1) is 0 Å². The Morgan fingerprint density at radius 1 is 1.05 bits per heavy atom. The Balaban J connectivity index is 3.13. The number of hydrogen-bond acceptors (Lipinski definition) is 5. The molecule has 0 bridgehead atoms. The fraction of sp³-hybridized carbons (Fsp3) is 0.200. The van der Waals surface area contributed by atoms with Crippen LogP contribution in [0.3, 0.4) is 0 Å². The third-order valence-corrected chi connectivity index (χ3v) is 3.18. The summed E-state index contributed by atoms with van der Waals surface area (Å²) < 4.78 is 35.5. The molecule has 8 nitrogen and oxygen atoms in total. The van der Waals surface area contributed by atoms with Crippen molar-refractivity contribution in [2.75, 3.05) is 0 Å². The average molecular weight is 290 g/mol. The number of carboxylic acids is 2. The molecule has 1 aromatic carbocycles. The first kappa shape index (κ1) is 14.9. The zero-order valence-corrected chi connectivity index (χ0v) is 10.1. The molecule has 9 heteroatoms. The highest BCUT2D eigenvalue weighted by Gasteiger charge is 2.45. The maximum absolute atomic E-state index is 10.9. The van der Waals surface area contributed by atoms with Crippen LogP contribution >= 0.6 is 0 Å². The Morgan fingerprint density at radius 3 is 1.95 bits per heavy atom. The number of para-hydroxylation sites is 1. The molecule has 0 heterocycles. The number of hydrogen-bond donors (Lipinski definition) is 3. The number of benzene rings is 1. The highest BCUT2D eigenvalue weighted by molar-refractivity contribution is 7.87. The summed E-state index contributed by atoms with van der Waals surface area (Å²) >= 11 is 0. The molecule has 0 aromatic heterocycles. The number of carboxylic acid groups (broad SMARTS) is 2. The summed E-state index contributed by atoms with van der Waals surface area (Å²) in [6.07, 6.45) is -2.27. The van der Waals surface area contributed by atoms with E-state index >= 15 is 0 Å². The van der Waals surface area contributed by atoms with Gasteiger partial charge in [-0.3, -0.25) is 9.35 Å². The maximum atomic E-state index is 10.9. The molecule has 0 amide bonds. The van der Waals surface area contributed by atoms with Crippen molar-refractivity contribution in [1.82, 2.24) is 0 Å². The van der Waals surface area contributed by atoms with Gasteiger partial charge >= 0.3 is 11.9 Å². The molecule has 0 spiro atoms. The second kappa shape index (κ2) is 5.67. The lowest BCUT2D eigenvalue weighted by molar-refractivity contribution is -0.151. The molecule has 104 valence electrons. The van der Waals surface area contributed by atoms with Crippen LogP contribution in [0.25, 0.3) is 0 Å². The van der Waals surface area contributed by atoms with E-state index in [1.165, 1.54) is 24.3 Å². The Morgan fingerprint density at radius 2 is 1.58 bits per heavy atom. The fourth-order valence-electron chi connectivity index (χ4n) is 1.30. The molecule has 0 aliphatic heterocycles. The van der Waals surface area contributed by atoms with Crippen molar-refractivity contribution < 1.29 is 37.5 Å². The summed E-state index contributed by atoms with van der Waals surface area (Å²) in [4.78, 5) is 21.7. The summed E-state index contributed by atoms with van der Waals surface area (Å²) in [5.41, 5.74) is 0. The van der Waals surface area contributed by atoms with Crippen LogP contribution in [0.4, 0.5) is 0 Å². The second-order valence-corrected chi connectivity index (χ2v) is 5.00. The van der Waals surface area contributed by atoms with E-state index in [2.05, 4.69) is 0 Å². The molecule has 0 aliphatic rings. The minimum atomic E-state index is -5.13. The molecule has 19 heavy (non-hydrogen) atoms. The first-order chi connectivity index (χ1) is 8.73. The summed E-state index contributed by atoms with van der Waals surface area (Å²) in [6.45, 7) is 0. The number of rotatable bonds is 6. The van der Waals surface area contributed by atoms with Crippen molar-refractivity contribution in [1.29, 1.82) is 0 Å². The molecular formula is C10H10O8S. The van der Waals surface area contributed by atoms with Gasteiger partial charge in [0.05, 0.1) is 0 Å². The van der Waals surface area contributed by atoms with Gasteiger partial charge in [-0.25, -0.2) is 4.79 Å². The van der Waals surface area contributed by atoms with E-state index < -0.39 is 33.4 Å². The third kappa shape index (κ3) is 3.93. The predicted molar refractivity (Wildman–Crippen MR) is 61.5 cm³/mol. The Labute approximate surface area is 108 Å². The predicted octanol–water partition coefficient (Wildman–Crippen LogP) is -0.140. The van der Waals surface area contributed by atoms with Crippen LogP contribution in [-0.2, 0) is 19.7 Å². The molecule has 0 aliphatic carbocycles. The lowest BCUT2D eigenvalue weighted by Crippen LogP contribution is -2.48. The monoisotopic (exact) mass is 290 g/mol. The molecule has 2 atom stereocenters. The van der Waals surface area contributed by atoms with Gasteiger partial charge in [0.1, 0.15) is 5.75 Å². The smallest absolute Gasteiger partial charge is 0.347 e. The van der Waals surface area contributed by atoms with E-state index in [1.54, 1.807) is 6.07 Å². The van der Waals surface area contributed by atoms with Crippen LogP contribution in [0.1, 0.15) is 0 Å². The summed E-state index contributed by atoms with van der Waals surface area (Å²) in [6, 6.07) is 7.20. The first-order valence-corrected chi connectivity index (χ1v) is 6.37. The van der Waals surface area contributed by atoms with Gasteiger partial charge in [-0.05, 0) is 12.1 Å². The normalized spacial score (nSPS) is 14.4. The van der Waals surface area contributed by atoms with E-state index in [0.29, 0.717) is 0 Å². The summed E-state index contributed by atoms with van der Waals surface area (Å²) in [7, 11) is -5.13. The van der Waals surface area contributed by atoms with E-state index in [4.69, 9.17) is 19.5 Å². The Bertz CT molecular complexity index is 564. The standard InChI is InChI=1S/C10H10O8S/c11-9(12)7(8(10(13)14)19(15,16)17)18-6-4-2-1-3-5-6/h1-5,7-8H,(H,11,12)(H,13,14)(H,15,16,17). The van der Waals surface area contributed by atoms with E-state index in [-0.39, 0.29) is 5.75 Å². The molecule has 1 rings (SSSR count). The summed E-state index contributed by atoms with van der Waals surface area (Å²) in [5, 5.41) is 15.0. The zero-order valence-electron chi connectivity index (χ0n) is 9.33. The topological polar surface area (TPSA) is 138 Å². The highest BCUT2D eigenvalue weighted by atomic mass is 32.2. The minimum absolute atomic E-state index is 0.0372. The minimum Gasteiger partial charge on any atom is -0.480 e. The molecule has 2 unspecified atom stereocenters. The van der Waals surface area contributed by atoms with Gasteiger partial charge in [0.15, 0.2) is 0 Å². The van der Waals surface area contributed by atoms with Gasteiger partial charge in [0.25, 0.3) is 10.1 Å². The van der Waals surface area contributed by atoms with Crippen molar-refractivity contribution in [3.05, 3.63) is 30.3 Å². The van der Waals surface area contributed by atoms with Crippen molar-refractivity contribution in [3.63, 3.8) is 0 Å². The van der Waals surface area contributed by atoms with Gasteiger partial charge in [-0.15, -0.1) is 0 Å². The van der Waals surface area contributed by atoms with E-state index in [1.807, 2.05) is 0 Å².